The Balaban J connectivity index is 1.18. The molecular weight excluding hydrogens is 512 g/mol. The van der Waals surface area contributed by atoms with Crippen LogP contribution in [0.5, 0.6) is 0 Å². The molecule has 13 atom stereocenters. The number of allylic oxidation sites excluding steroid dienone is 2. The van der Waals surface area contributed by atoms with Gasteiger partial charge in [-0.15, -0.1) is 0 Å². The number of ether oxygens (including phenoxy) is 6. The summed E-state index contributed by atoms with van der Waals surface area (Å²) in [5.41, 5.74) is 2.06. The molecule has 4 unspecified atom stereocenters. The number of aliphatic hydroxyl groups is 2. The predicted molar refractivity (Wildman–Crippen MR) is 148 cm³/mol. The van der Waals surface area contributed by atoms with Gasteiger partial charge < -0.3 is 38.6 Å². The lowest BCUT2D eigenvalue weighted by Crippen LogP contribution is -2.61. The highest BCUT2D eigenvalue weighted by Gasteiger charge is 2.66. The maximum Gasteiger partial charge on any atom is 0.272 e. The Morgan fingerprint density at radius 3 is 2.58 bits per heavy atom. The van der Waals surface area contributed by atoms with Gasteiger partial charge in [0.1, 0.15) is 18.3 Å². The Morgan fingerprint density at radius 1 is 1.05 bits per heavy atom. The molecule has 0 aromatic carbocycles. The predicted octanol–water partition coefficient (Wildman–Crippen LogP) is 4.83. The lowest BCUT2D eigenvalue weighted by molar-refractivity contribution is -0.285. The zero-order chi connectivity index (χ0) is 28.4. The molecule has 0 aromatic heterocycles. The van der Waals surface area contributed by atoms with Crippen LogP contribution in [-0.2, 0) is 28.4 Å². The summed E-state index contributed by atoms with van der Waals surface area (Å²) in [7, 11) is 1.72. The fourth-order valence-corrected chi connectivity index (χ4v) is 9.84. The number of methoxy groups -OCH3 is 1. The van der Waals surface area contributed by atoms with Crippen LogP contribution in [0, 0.1) is 28.6 Å². The van der Waals surface area contributed by atoms with Crippen LogP contribution in [0.1, 0.15) is 86.0 Å². The smallest absolute Gasteiger partial charge is 0.272 e. The van der Waals surface area contributed by atoms with Gasteiger partial charge in [-0.25, -0.2) is 0 Å². The number of hydrogen-bond acceptors (Lipinski definition) is 8. The van der Waals surface area contributed by atoms with E-state index in [2.05, 4.69) is 26.8 Å². The summed E-state index contributed by atoms with van der Waals surface area (Å²) in [6, 6.07) is 0. The number of rotatable bonds is 6. The minimum absolute atomic E-state index is 0.0712. The summed E-state index contributed by atoms with van der Waals surface area (Å²) >= 11 is 0. The summed E-state index contributed by atoms with van der Waals surface area (Å²) < 4.78 is 35.4. The van der Waals surface area contributed by atoms with Crippen molar-refractivity contribution in [3.05, 3.63) is 23.5 Å². The molecule has 3 saturated carbocycles. The highest BCUT2D eigenvalue weighted by molar-refractivity contribution is 5.29. The molecule has 5 fully saturated rings. The van der Waals surface area contributed by atoms with Gasteiger partial charge in [-0.3, -0.25) is 0 Å². The second-order valence-electron chi connectivity index (χ2n) is 13.8. The molecule has 0 aromatic rings. The molecule has 0 bridgehead atoms. The first kappa shape index (κ1) is 29.1. The second kappa shape index (κ2) is 10.6. The van der Waals surface area contributed by atoms with Crippen LogP contribution in [-0.4, -0.2) is 72.8 Å². The summed E-state index contributed by atoms with van der Waals surface area (Å²) in [6.07, 6.45) is 9.22. The van der Waals surface area contributed by atoms with E-state index in [1.807, 2.05) is 20.1 Å². The Labute approximate surface area is 239 Å². The topological polar surface area (TPSA) is 95.8 Å². The van der Waals surface area contributed by atoms with Crippen molar-refractivity contribution in [2.75, 3.05) is 13.7 Å². The van der Waals surface area contributed by atoms with Crippen molar-refractivity contribution in [3.63, 3.8) is 0 Å². The molecule has 0 radical (unpaired) electrons. The summed E-state index contributed by atoms with van der Waals surface area (Å²) in [6.45, 7) is 10.3. The van der Waals surface area contributed by atoms with E-state index in [1.54, 1.807) is 7.11 Å². The van der Waals surface area contributed by atoms with Gasteiger partial charge in [0.15, 0.2) is 6.29 Å². The van der Waals surface area contributed by atoms with E-state index in [1.165, 1.54) is 11.1 Å². The van der Waals surface area contributed by atoms with Crippen molar-refractivity contribution in [2.24, 2.45) is 28.6 Å². The Kier molecular flexibility index (Phi) is 7.72. The van der Waals surface area contributed by atoms with Crippen LogP contribution in [0.15, 0.2) is 23.5 Å². The van der Waals surface area contributed by atoms with E-state index in [0.717, 1.165) is 51.4 Å². The molecule has 2 saturated heterocycles. The summed E-state index contributed by atoms with van der Waals surface area (Å²) in [5, 5.41) is 23.1. The maximum atomic E-state index is 12.4. The van der Waals surface area contributed by atoms with Gasteiger partial charge in [-0.1, -0.05) is 25.5 Å². The first-order valence-electron chi connectivity index (χ1n) is 15.6. The van der Waals surface area contributed by atoms with E-state index in [0.29, 0.717) is 24.4 Å². The van der Waals surface area contributed by atoms with Crippen molar-refractivity contribution in [1.29, 1.82) is 0 Å². The monoisotopic (exact) mass is 562 g/mol. The molecule has 0 spiro atoms. The van der Waals surface area contributed by atoms with E-state index in [-0.39, 0.29) is 16.9 Å². The quantitative estimate of drug-likeness (QED) is 0.351. The van der Waals surface area contributed by atoms with Crippen LogP contribution in [0.4, 0.5) is 0 Å². The van der Waals surface area contributed by atoms with Crippen LogP contribution in [0.3, 0.4) is 0 Å². The Hall–Kier alpha value is -1.00. The van der Waals surface area contributed by atoms with Crippen molar-refractivity contribution in [2.45, 2.75) is 135 Å². The maximum absolute atomic E-state index is 12.4. The molecule has 4 aliphatic carbocycles. The molecule has 8 nitrogen and oxygen atoms in total. The molecular formula is C32H50O8. The first-order valence-corrected chi connectivity index (χ1v) is 15.6. The van der Waals surface area contributed by atoms with E-state index >= 15 is 0 Å². The van der Waals surface area contributed by atoms with Gasteiger partial charge in [-0.2, -0.15) is 0 Å². The lowest BCUT2D eigenvalue weighted by atomic mass is 9.45. The van der Waals surface area contributed by atoms with E-state index in [4.69, 9.17) is 28.4 Å². The summed E-state index contributed by atoms with van der Waals surface area (Å²) in [4.78, 5) is 0. The SMILES string of the molecule is CCOC1O[C@H]2[C@H](O[C@@H]3C=C4CCC5C(CC[C@]6(C)[C@@H](/C(C)=C/OC)CC[C@]56O)[C@@]4(C)CC3)O[C@@H](C)C(O)[C@H]2O1. The molecule has 226 valence electrons. The van der Waals surface area contributed by atoms with Crippen LogP contribution in [0.2, 0.25) is 0 Å². The highest BCUT2D eigenvalue weighted by atomic mass is 16.9. The molecule has 6 aliphatic rings. The zero-order valence-electron chi connectivity index (χ0n) is 25.1. The van der Waals surface area contributed by atoms with Crippen molar-refractivity contribution in [3.8, 4) is 0 Å². The van der Waals surface area contributed by atoms with Gasteiger partial charge in [0.05, 0.1) is 31.2 Å². The van der Waals surface area contributed by atoms with Crippen LogP contribution in [0.25, 0.3) is 0 Å². The van der Waals surface area contributed by atoms with Gasteiger partial charge in [0, 0.05) is 12.0 Å². The van der Waals surface area contributed by atoms with E-state index in [9.17, 15) is 10.2 Å². The normalized spacial score (nSPS) is 52.3. The average molecular weight is 563 g/mol. The number of hydrogen-bond donors (Lipinski definition) is 2. The molecule has 8 heteroatoms. The van der Waals surface area contributed by atoms with Crippen molar-refractivity contribution < 1.29 is 38.6 Å². The number of aliphatic hydroxyl groups excluding tert-OH is 1. The van der Waals surface area contributed by atoms with E-state index < -0.39 is 42.8 Å². The molecule has 2 N–H and O–H groups in total. The van der Waals surface area contributed by atoms with Gasteiger partial charge in [-0.05, 0) is 101 Å². The molecule has 2 aliphatic heterocycles. The molecule has 6 rings (SSSR count). The fourth-order valence-electron chi connectivity index (χ4n) is 9.84. The minimum Gasteiger partial charge on any atom is -0.504 e. The van der Waals surface area contributed by atoms with Crippen molar-refractivity contribution >= 4 is 0 Å². The largest absolute Gasteiger partial charge is 0.504 e. The third kappa shape index (κ3) is 4.35. The number of fused-ring (bicyclic) bond motifs is 6. The van der Waals surface area contributed by atoms with Crippen LogP contribution < -0.4 is 0 Å². The lowest BCUT2D eigenvalue weighted by Gasteiger charge is -2.62. The molecule has 40 heavy (non-hydrogen) atoms. The second-order valence-corrected chi connectivity index (χ2v) is 13.8. The van der Waals surface area contributed by atoms with Gasteiger partial charge >= 0.3 is 0 Å². The molecule has 2 heterocycles. The third-order valence-electron chi connectivity index (χ3n) is 12.0. The Bertz CT molecular complexity index is 1010. The first-order chi connectivity index (χ1) is 19.1. The zero-order valence-corrected chi connectivity index (χ0v) is 25.1. The summed E-state index contributed by atoms with van der Waals surface area (Å²) in [5.74, 6) is 1.16. The third-order valence-corrected chi connectivity index (χ3v) is 12.0. The Morgan fingerprint density at radius 2 is 1.82 bits per heavy atom. The van der Waals surface area contributed by atoms with Gasteiger partial charge in [0.2, 0.25) is 0 Å². The van der Waals surface area contributed by atoms with Crippen LogP contribution >= 0.6 is 0 Å². The van der Waals surface area contributed by atoms with Crippen molar-refractivity contribution in [1.82, 2.24) is 0 Å². The fraction of sp³-hybridized carbons (Fsp3) is 0.875. The standard InChI is InChI=1S/C32H50O8/c1-7-36-29-39-26-25(33)19(3)37-28(27(26)40-29)38-21-10-13-30(4)20(16-21)8-9-24-23(30)11-14-31(5)22(18(2)17-35-6)12-15-32(24,31)34/h16-17,19,21-29,33-34H,7-15H2,1-6H3/b18-17+/t19-,21-,22+,23?,24?,25?,26+,27+,28-,29?,30-,31+,32-/m0/s1. The average Bonchev–Trinajstić information content (AvgIpc) is 3.46. The highest BCUT2D eigenvalue weighted by Crippen LogP contribution is 2.69. The van der Waals surface area contributed by atoms with Gasteiger partial charge in [0.25, 0.3) is 6.48 Å². The molecule has 0 amide bonds. The minimum atomic E-state index is -0.815.